The predicted molar refractivity (Wildman–Crippen MR) is 68.6 cm³/mol. The van der Waals surface area contributed by atoms with Crippen LogP contribution in [0.25, 0.3) is 0 Å². The van der Waals surface area contributed by atoms with Gasteiger partial charge in [0.15, 0.2) is 0 Å². The fourth-order valence-electron chi connectivity index (χ4n) is 2.65. The van der Waals surface area contributed by atoms with E-state index in [4.69, 9.17) is 5.26 Å². The van der Waals surface area contributed by atoms with E-state index in [1.165, 1.54) is 32.1 Å². The molecule has 1 heterocycles. The van der Waals surface area contributed by atoms with Crippen molar-refractivity contribution in [2.45, 2.75) is 45.1 Å². The van der Waals surface area contributed by atoms with Crippen LogP contribution in [0, 0.1) is 17.2 Å². The van der Waals surface area contributed by atoms with Crippen molar-refractivity contribution in [2.24, 2.45) is 5.92 Å². The second kappa shape index (κ2) is 5.67. The number of hydrogen-bond acceptors (Lipinski definition) is 3. The monoisotopic (exact) mass is 229 g/mol. The molecule has 0 aliphatic heterocycles. The minimum Gasteiger partial charge on any atom is -0.381 e. The summed E-state index contributed by atoms with van der Waals surface area (Å²) in [5.74, 6) is 0.777. The van der Waals surface area contributed by atoms with E-state index in [2.05, 4.69) is 17.2 Å². The molecule has 0 bridgehead atoms. The molecule has 1 N–H and O–H groups in total. The van der Waals surface area contributed by atoms with E-state index in [-0.39, 0.29) is 0 Å². The van der Waals surface area contributed by atoms with Crippen LogP contribution < -0.4 is 5.32 Å². The van der Waals surface area contributed by atoms with Crippen LogP contribution >= 0.6 is 0 Å². The zero-order valence-electron chi connectivity index (χ0n) is 10.3. The third-order valence-corrected chi connectivity index (χ3v) is 3.66. The van der Waals surface area contributed by atoms with Crippen molar-refractivity contribution < 1.29 is 0 Å². The lowest BCUT2D eigenvalue weighted by Gasteiger charge is -2.32. The van der Waals surface area contributed by atoms with Crippen molar-refractivity contribution >= 4 is 5.69 Å². The minimum absolute atomic E-state index is 0.478. The molecule has 3 nitrogen and oxygen atoms in total. The molecule has 0 amide bonds. The van der Waals surface area contributed by atoms with Crippen molar-refractivity contribution in [1.82, 2.24) is 4.98 Å². The molecule has 3 heteroatoms. The Kier molecular flexibility index (Phi) is 3.98. The summed E-state index contributed by atoms with van der Waals surface area (Å²) >= 11 is 0. The summed E-state index contributed by atoms with van der Waals surface area (Å²) in [6, 6.07) is 6.33. The molecular weight excluding hydrogens is 210 g/mol. The molecule has 0 radical (unpaired) electrons. The minimum atomic E-state index is 0.478. The fourth-order valence-corrected chi connectivity index (χ4v) is 2.65. The van der Waals surface area contributed by atoms with Gasteiger partial charge < -0.3 is 5.32 Å². The van der Waals surface area contributed by atoms with Gasteiger partial charge in [-0.05, 0) is 30.9 Å². The number of anilines is 1. The van der Waals surface area contributed by atoms with Crippen LogP contribution in [0.15, 0.2) is 18.3 Å². The zero-order valence-corrected chi connectivity index (χ0v) is 10.3. The summed E-state index contributed by atoms with van der Waals surface area (Å²) in [4.78, 5) is 4.09. The number of hydrogen-bond donors (Lipinski definition) is 1. The first-order valence-corrected chi connectivity index (χ1v) is 6.46. The third-order valence-electron chi connectivity index (χ3n) is 3.66. The van der Waals surface area contributed by atoms with Crippen LogP contribution in [0.5, 0.6) is 0 Å². The maximum atomic E-state index is 8.70. The van der Waals surface area contributed by atoms with Gasteiger partial charge >= 0.3 is 0 Å². The number of nitrogens with one attached hydrogen (secondary N) is 1. The maximum Gasteiger partial charge on any atom is 0.140 e. The molecule has 1 aliphatic carbocycles. The molecule has 1 aliphatic rings. The van der Waals surface area contributed by atoms with Crippen molar-refractivity contribution in [3.05, 3.63) is 24.0 Å². The van der Waals surface area contributed by atoms with Gasteiger partial charge in [0.25, 0.3) is 0 Å². The lowest BCUT2D eigenvalue weighted by Crippen LogP contribution is -2.31. The second-order valence-electron chi connectivity index (χ2n) is 4.75. The Morgan fingerprint density at radius 2 is 2.24 bits per heavy atom. The summed E-state index contributed by atoms with van der Waals surface area (Å²) in [6.07, 6.45) is 8.26. The van der Waals surface area contributed by atoms with E-state index in [1.54, 1.807) is 12.3 Å². The van der Waals surface area contributed by atoms with Gasteiger partial charge in [0.2, 0.25) is 0 Å². The van der Waals surface area contributed by atoms with Gasteiger partial charge in [-0.3, -0.25) is 0 Å². The smallest absolute Gasteiger partial charge is 0.140 e. The van der Waals surface area contributed by atoms with Crippen molar-refractivity contribution in [2.75, 3.05) is 5.32 Å². The van der Waals surface area contributed by atoms with Crippen molar-refractivity contribution in [3.63, 3.8) is 0 Å². The molecule has 0 saturated heterocycles. The largest absolute Gasteiger partial charge is 0.381 e. The summed E-state index contributed by atoms with van der Waals surface area (Å²) in [5.41, 5.74) is 1.51. The van der Waals surface area contributed by atoms with Gasteiger partial charge in [0, 0.05) is 6.04 Å². The van der Waals surface area contributed by atoms with Gasteiger partial charge in [0.05, 0.1) is 11.9 Å². The van der Waals surface area contributed by atoms with Crippen LogP contribution in [-0.2, 0) is 0 Å². The summed E-state index contributed by atoms with van der Waals surface area (Å²) in [6.45, 7) is 2.27. The Bertz CT molecular complexity index is 391. The lowest BCUT2D eigenvalue weighted by atomic mass is 9.83. The second-order valence-corrected chi connectivity index (χ2v) is 4.75. The van der Waals surface area contributed by atoms with E-state index in [1.807, 2.05) is 12.1 Å². The van der Waals surface area contributed by atoms with E-state index in [9.17, 15) is 0 Å². The number of nitriles is 1. The van der Waals surface area contributed by atoms with Crippen LogP contribution in [0.1, 0.15) is 44.7 Å². The van der Waals surface area contributed by atoms with Gasteiger partial charge in [-0.25, -0.2) is 4.98 Å². The van der Waals surface area contributed by atoms with Crippen LogP contribution in [0.3, 0.4) is 0 Å². The number of rotatable bonds is 3. The quantitative estimate of drug-likeness (QED) is 0.864. The first-order valence-electron chi connectivity index (χ1n) is 6.46. The van der Waals surface area contributed by atoms with Gasteiger partial charge in [-0.15, -0.1) is 0 Å². The Morgan fingerprint density at radius 1 is 1.41 bits per heavy atom. The summed E-state index contributed by atoms with van der Waals surface area (Å²) < 4.78 is 0. The van der Waals surface area contributed by atoms with Crippen molar-refractivity contribution in [1.29, 1.82) is 5.26 Å². The molecule has 1 aromatic rings. The molecule has 1 fully saturated rings. The van der Waals surface area contributed by atoms with E-state index in [0.29, 0.717) is 11.7 Å². The molecule has 1 aromatic heterocycles. The average molecular weight is 229 g/mol. The Labute approximate surface area is 103 Å². The summed E-state index contributed by atoms with van der Waals surface area (Å²) in [5, 5.41) is 12.3. The lowest BCUT2D eigenvalue weighted by molar-refractivity contribution is 0.317. The van der Waals surface area contributed by atoms with Crippen LogP contribution in [-0.4, -0.2) is 11.0 Å². The van der Waals surface area contributed by atoms with Crippen molar-refractivity contribution in [3.8, 4) is 6.07 Å². The molecule has 1 saturated carbocycles. The fraction of sp³-hybridized carbons (Fsp3) is 0.571. The van der Waals surface area contributed by atoms with E-state index >= 15 is 0 Å². The zero-order chi connectivity index (χ0) is 12.1. The normalized spacial score (nSPS) is 24.0. The van der Waals surface area contributed by atoms with E-state index in [0.717, 1.165) is 11.6 Å². The maximum absolute atomic E-state index is 8.70. The van der Waals surface area contributed by atoms with Gasteiger partial charge in [-0.2, -0.15) is 5.26 Å². The highest BCUT2D eigenvalue weighted by Gasteiger charge is 2.23. The molecule has 0 aromatic carbocycles. The first kappa shape index (κ1) is 11.9. The Morgan fingerprint density at radius 3 is 2.88 bits per heavy atom. The predicted octanol–water partition coefficient (Wildman–Crippen LogP) is 3.33. The Balaban J connectivity index is 2.01. The van der Waals surface area contributed by atoms with Crippen LogP contribution in [0.4, 0.5) is 5.69 Å². The molecular formula is C14H19N3. The topological polar surface area (TPSA) is 48.7 Å². The molecule has 2 rings (SSSR count). The average Bonchev–Trinajstić information content (AvgIpc) is 2.40. The number of pyridine rings is 1. The highest BCUT2D eigenvalue weighted by Crippen LogP contribution is 2.29. The van der Waals surface area contributed by atoms with Gasteiger partial charge in [-0.1, -0.05) is 26.2 Å². The van der Waals surface area contributed by atoms with Crippen LogP contribution in [0.2, 0.25) is 0 Å². The Hall–Kier alpha value is -1.56. The first-order chi connectivity index (χ1) is 8.33. The standard InChI is InChI=1S/C14H19N3/c1-2-11-5-3-4-6-14(11)17-13-8-7-12(9-15)16-10-13/h7-8,10-11,14,17H,2-6H2,1H3. The summed E-state index contributed by atoms with van der Waals surface area (Å²) in [7, 11) is 0. The molecule has 90 valence electrons. The number of aromatic nitrogens is 1. The number of nitrogens with zero attached hydrogens (tertiary/aromatic N) is 2. The highest BCUT2D eigenvalue weighted by molar-refractivity contribution is 5.43. The highest BCUT2D eigenvalue weighted by atomic mass is 14.9. The molecule has 0 spiro atoms. The SMILES string of the molecule is CCC1CCCCC1Nc1ccc(C#N)nc1. The molecule has 2 unspecified atom stereocenters. The molecule has 2 atom stereocenters. The van der Waals surface area contributed by atoms with Gasteiger partial charge in [0.1, 0.15) is 11.8 Å². The van der Waals surface area contributed by atoms with E-state index < -0.39 is 0 Å². The third kappa shape index (κ3) is 2.97. The molecule has 17 heavy (non-hydrogen) atoms.